The fraction of sp³-hybridized carbons (Fsp3) is 0.378. The number of rotatable bonds is 2. The van der Waals surface area contributed by atoms with Gasteiger partial charge in [0.05, 0.1) is 35.6 Å². The molecule has 3 aromatic heterocycles. The number of hydrogen-bond donors (Lipinski definition) is 0. The van der Waals surface area contributed by atoms with Crippen LogP contribution in [-0.2, 0) is 49.6 Å². The highest BCUT2D eigenvalue weighted by Crippen LogP contribution is 2.44. The third-order valence-electron chi connectivity index (χ3n) is 9.13. The zero-order chi connectivity index (χ0) is 34.3. The number of fused-ring (bicyclic) bond motifs is 6. The fourth-order valence-electron chi connectivity index (χ4n) is 6.77. The van der Waals surface area contributed by atoms with Crippen LogP contribution in [0.3, 0.4) is 0 Å². The van der Waals surface area contributed by atoms with Crippen LogP contribution < -0.4 is 4.74 Å². The molecule has 6 rings (SSSR count). The van der Waals surface area contributed by atoms with Gasteiger partial charge >= 0.3 is 5.97 Å². The summed E-state index contributed by atoms with van der Waals surface area (Å²) in [7, 11) is 7.36. The number of thioether (sulfide) groups is 2. The van der Waals surface area contributed by atoms with E-state index < -0.39 is 0 Å². The molecular weight excluding hydrogens is 662 g/mol. The molecule has 0 atom stereocenters. The van der Waals surface area contributed by atoms with Crippen LogP contribution in [-0.4, -0.2) is 43.8 Å². The number of methoxy groups -OCH3 is 1. The van der Waals surface area contributed by atoms with Gasteiger partial charge in [0.1, 0.15) is 11.4 Å². The Hall–Kier alpha value is -3.60. The van der Waals surface area contributed by atoms with Gasteiger partial charge < -0.3 is 14.0 Å². The van der Waals surface area contributed by atoms with Gasteiger partial charge in [0.25, 0.3) is 0 Å². The molecular formula is C37H42ClN5O3S2. The summed E-state index contributed by atoms with van der Waals surface area (Å²) >= 11 is 10.7. The zero-order valence-corrected chi connectivity index (χ0v) is 31.3. The average Bonchev–Trinajstić information content (AvgIpc) is 3.65. The molecule has 4 heterocycles. The summed E-state index contributed by atoms with van der Waals surface area (Å²) in [5.74, 6) is 2.74. The minimum atomic E-state index is -0.386. The van der Waals surface area contributed by atoms with Crippen molar-refractivity contribution < 1.29 is 14.3 Å². The molecule has 5 aromatic rings. The Morgan fingerprint density at radius 1 is 1.00 bits per heavy atom. The lowest BCUT2D eigenvalue weighted by Crippen LogP contribution is -2.11. The summed E-state index contributed by atoms with van der Waals surface area (Å²) in [6, 6.07) is 8.59. The highest BCUT2D eigenvalue weighted by Gasteiger charge is 2.29. The average molecular weight is 704 g/mol. The number of carbonyl (C=O) groups is 1. The second-order valence-electron chi connectivity index (χ2n) is 12.3. The number of hydrogen-bond acceptors (Lipinski definition) is 7. The van der Waals surface area contributed by atoms with Crippen molar-refractivity contribution in [2.45, 2.75) is 62.7 Å². The maximum Gasteiger partial charge on any atom is 0.354 e. The van der Waals surface area contributed by atoms with Crippen LogP contribution in [0.4, 0.5) is 0 Å². The van der Waals surface area contributed by atoms with Crippen molar-refractivity contribution in [1.29, 1.82) is 0 Å². The van der Waals surface area contributed by atoms with Crippen LogP contribution in [0, 0.1) is 20.8 Å². The van der Waals surface area contributed by atoms with Crippen LogP contribution in [0.25, 0.3) is 28.1 Å². The first kappa shape index (κ1) is 34.3. The summed E-state index contributed by atoms with van der Waals surface area (Å²) in [5, 5.41) is 11.3. The van der Waals surface area contributed by atoms with Crippen LogP contribution in [0.2, 0.25) is 5.02 Å². The number of nitrogens with zero attached hydrogens (tertiary/aromatic N) is 5. The van der Waals surface area contributed by atoms with E-state index in [1.807, 2.05) is 54.1 Å². The van der Waals surface area contributed by atoms with Gasteiger partial charge in [0.2, 0.25) is 0 Å². The molecule has 0 spiro atoms. The van der Waals surface area contributed by atoms with Crippen molar-refractivity contribution >= 4 is 58.1 Å². The molecule has 0 radical (unpaired) electrons. The standard InChI is InChI=1S/C37H42ClN5O3S2/c1-9-11-27-21(2)14-26-17-31(27)46-13-10-12-28-34-29(38)15-22(3)32(36(34)41(5)35(28)37(44)45-8)33-23(4)42(6)40-30(33)20-47-18-24-16-25(19-48-26)43(7)39-24/h9,11,14-17H,10,12-13,18-20H2,1-8H3/b11-9-. The van der Waals surface area contributed by atoms with E-state index in [0.717, 1.165) is 83.5 Å². The van der Waals surface area contributed by atoms with Gasteiger partial charge in [0, 0.05) is 76.8 Å². The number of carbonyl (C=O) groups excluding carboxylic acids is 1. The SMILES string of the molecule is C/C=C\c1c(C)cc2cc1OCCCc1c(C(=O)OC)n(C)c3c(c(C)cc(Cl)c13)-c1c(nn(C)c1C)CSCc1cc(n(C)n1)CS2. The van der Waals surface area contributed by atoms with Crippen molar-refractivity contribution in [1.82, 2.24) is 24.1 Å². The van der Waals surface area contributed by atoms with Crippen LogP contribution in [0.1, 0.15) is 68.9 Å². The lowest BCUT2D eigenvalue weighted by Gasteiger charge is -2.15. The van der Waals surface area contributed by atoms with Gasteiger partial charge in [-0.3, -0.25) is 9.36 Å². The summed E-state index contributed by atoms with van der Waals surface area (Å²) in [4.78, 5) is 14.6. The van der Waals surface area contributed by atoms with Crippen molar-refractivity contribution in [3.63, 3.8) is 0 Å². The van der Waals surface area contributed by atoms with Gasteiger partial charge in [-0.15, -0.1) is 23.5 Å². The molecule has 1 aliphatic rings. The molecule has 11 heteroatoms. The molecule has 0 N–H and O–H groups in total. The van der Waals surface area contributed by atoms with E-state index in [2.05, 4.69) is 45.0 Å². The second kappa shape index (κ2) is 14.1. The van der Waals surface area contributed by atoms with Gasteiger partial charge in [-0.1, -0.05) is 23.8 Å². The first-order valence-electron chi connectivity index (χ1n) is 16.1. The van der Waals surface area contributed by atoms with Crippen molar-refractivity contribution in [3.8, 4) is 16.9 Å². The first-order chi connectivity index (χ1) is 23.0. The van der Waals surface area contributed by atoms with E-state index in [1.165, 1.54) is 12.8 Å². The molecule has 0 amide bonds. The molecule has 0 saturated heterocycles. The summed E-state index contributed by atoms with van der Waals surface area (Å²) in [5.41, 5.74) is 11.9. The lowest BCUT2D eigenvalue weighted by molar-refractivity contribution is 0.0589. The van der Waals surface area contributed by atoms with Crippen molar-refractivity contribution in [2.24, 2.45) is 21.1 Å². The van der Waals surface area contributed by atoms with E-state index >= 15 is 0 Å². The Morgan fingerprint density at radius 3 is 2.54 bits per heavy atom. The number of allylic oxidation sites excluding steroid dienone is 1. The summed E-state index contributed by atoms with van der Waals surface area (Å²) < 4.78 is 17.7. The Balaban J connectivity index is 1.52. The summed E-state index contributed by atoms with van der Waals surface area (Å²) in [6.45, 7) is 8.80. The van der Waals surface area contributed by atoms with Gasteiger partial charge in [0.15, 0.2) is 0 Å². The summed E-state index contributed by atoms with van der Waals surface area (Å²) in [6.07, 6.45) is 5.41. The Morgan fingerprint density at radius 2 is 1.79 bits per heavy atom. The first-order valence-corrected chi connectivity index (χ1v) is 18.6. The fourth-order valence-corrected chi connectivity index (χ4v) is 9.02. The maximum absolute atomic E-state index is 13.4. The Kier molecular flexibility index (Phi) is 10.1. The van der Waals surface area contributed by atoms with E-state index in [0.29, 0.717) is 35.9 Å². The molecule has 48 heavy (non-hydrogen) atoms. The smallest absolute Gasteiger partial charge is 0.354 e. The van der Waals surface area contributed by atoms with E-state index in [9.17, 15) is 4.79 Å². The minimum Gasteiger partial charge on any atom is -0.493 e. The number of aromatic nitrogens is 5. The topological polar surface area (TPSA) is 76.1 Å². The highest BCUT2D eigenvalue weighted by atomic mass is 35.5. The Labute approximate surface area is 295 Å². The van der Waals surface area contributed by atoms with Gasteiger partial charge in [-0.25, -0.2) is 4.79 Å². The monoisotopic (exact) mass is 703 g/mol. The largest absolute Gasteiger partial charge is 0.493 e. The molecule has 0 fully saturated rings. The van der Waals surface area contributed by atoms with Crippen LogP contribution >= 0.6 is 35.1 Å². The molecule has 0 aliphatic carbocycles. The molecule has 0 saturated carbocycles. The van der Waals surface area contributed by atoms with Crippen LogP contribution in [0.15, 0.2) is 35.2 Å². The number of benzene rings is 2. The predicted octanol–water partition coefficient (Wildman–Crippen LogP) is 8.76. The van der Waals surface area contributed by atoms with Gasteiger partial charge in [-0.05, 0) is 81.5 Å². The van der Waals surface area contributed by atoms with Crippen molar-refractivity contribution in [3.05, 3.63) is 86.1 Å². The Bertz CT molecular complexity index is 2070. The number of halogens is 1. The van der Waals surface area contributed by atoms with E-state index in [4.69, 9.17) is 31.3 Å². The third-order valence-corrected chi connectivity index (χ3v) is 11.4. The number of esters is 1. The molecule has 8 bridgehead atoms. The quantitative estimate of drug-likeness (QED) is 0.170. The third kappa shape index (κ3) is 6.30. The molecule has 252 valence electrons. The molecule has 0 unspecified atom stereocenters. The number of aryl methyl sites for hydroxylation is 6. The highest BCUT2D eigenvalue weighted by molar-refractivity contribution is 7.98. The molecule has 8 nitrogen and oxygen atoms in total. The van der Waals surface area contributed by atoms with Gasteiger partial charge in [-0.2, -0.15) is 10.2 Å². The number of ether oxygens (including phenoxy) is 2. The zero-order valence-electron chi connectivity index (χ0n) is 28.9. The van der Waals surface area contributed by atoms with Crippen LogP contribution in [0.5, 0.6) is 5.75 Å². The van der Waals surface area contributed by atoms with E-state index in [-0.39, 0.29) is 5.97 Å². The maximum atomic E-state index is 13.4. The van der Waals surface area contributed by atoms with E-state index in [1.54, 1.807) is 23.5 Å². The normalized spacial score (nSPS) is 14.3. The predicted molar refractivity (Wildman–Crippen MR) is 198 cm³/mol. The molecule has 2 aromatic carbocycles. The molecule has 1 aliphatic heterocycles. The lowest BCUT2D eigenvalue weighted by atomic mass is 9.94. The van der Waals surface area contributed by atoms with Crippen molar-refractivity contribution in [2.75, 3.05) is 13.7 Å². The minimum absolute atomic E-state index is 0.386. The second-order valence-corrected chi connectivity index (χ2v) is 14.8.